The summed E-state index contributed by atoms with van der Waals surface area (Å²) in [7, 11) is 1.74. The van der Waals surface area contributed by atoms with E-state index in [0.29, 0.717) is 6.54 Å². The molecule has 0 saturated heterocycles. The first-order chi connectivity index (χ1) is 6.15. The molecule has 13 heavy (non-hydrogen) atoms. The van der Waals surface area contributed by atoms with Gasteiger partial charge in [-0.1, -0.05) is 6.07 Å². The molecular weight excluding hydrogens is 173 g/mol. The van der Waals surface area contributed by atoms with Crippen LogP contribution in [-0.2, 0) is 6.54 Å². The van der Waals surface area contributed by atoms with E-state index in [0.717, 1.165) is 11.6 Å². The zero-order valence-corrected chi connectivity index (χ0v) is 7.17. The summed E-state index contributed by atoms with van der Waals surface area (Å²) in [5, 5.41) is 11.5. The van der Waals surface area contributed by atoms with Gasteiger partial charge in [0.25, 0.3) is 0 Å². The molecule has 0 spiro atoms. The van der Waals surface area contributed by atoms with Gasteiger partial charge in [0, 0.05) is 6.54 Å². The van der Waals surface area contributed by atoms with Crippen molar-refractivity contribution in [3.63, 3.8) is 0 Å². The normalized spacial score (nSPS) is 10.0. The lowest BCUT2D eigenvalue weighted by Gasteiger charge is -2.02. The standard InChI is InChI=1S/C9H10FNO2/c1-11-5-6-2-3-8(10)7(4-6)9(12)13/h2-4,11H,5H2,1H3,(H,12,13). The van der Waals surface area contributed by atoms with Crippen LogP contribution in [0.2, 0.25) is 0 Å². The molecule has 0 radical (unpaired) electrons. The van der Waals surface area contributed by atoms with Gasteiger partial charge in [-0.3, -0.25) is 0 Å². The van der Waals surface area contributed by atoms with Crippen LogP contribution >= 0.6 is 0 Å². The molecule has 0 atom stereocenters. The highest BCUT2D eigenvalue weighted by molar-refractivity contribution is 5.88. The third kappa shape index (κ3) is 2.26. The minimum Gasteiger partial charge on any atom is -0.478 e. The van der Waals surface area contributed by atoms with E-state index in [1.165, 1.54) is 6.07 Å². The molecule has 0 amide bonds. The van der Waals surface area contributed by atoms with Crippen molar-refractivity contribution in [2.24, 2.45) is 0 Å². The van der Waals surface area contributed by atoms with E-state index in [1.54, 1.807) is 13.1 Å². The maximum Gasteiger partial charge on any atom is 0.338 e. The Morgan fingerprint density at radius 3 is 2.85 bits per heavy atom. The summed E-state index contributed by atoms with van der Waals surface area (Å²) in [5.74, 6) is -1.94. The van der Waals surface area contributed by atoms with Crippen molar-refractivity contribution in [2.45, 2.75) is 6.54 Å². The van der Waals surface area contributed by atoms with Crippen molar-refractivity contribution in [2.75, 3.05) is 7.05 Å². The lowest BCUT2D eigenvalue weighted by atomic mass is 10.1. The maximum absolute atomic E-state index is 12.9. The molecule has 0 unspecified atom stereocenters. The summed E-state index contributed by atoms with van der Waals surface area (Å²) < 4.78 is 12.9. The largest absolute Gasteiger partial charge is 0.478 e. The predicted molar refractivity (Wildman–Crippen MR) is 46.1 cm³/mol. The Labute approximate surface area is 75.2 Å². The van der Waals surface area contributed by atoms with Crippen molar-refractivity contribution in [1.82, 2.24) is 5.32 Å². The molecule has 3 nitrogen and oxygen atoms in total. The summed E-state index contributed by atoms with van der Waals surface area (Å²) in [6, 6.07) is 4.04. The molecule has 1 aromatic rings. The van der Waals surface area contributed by atoms with E-state index >= 15 is 0 Å². The number of hydrogen-bond acceptors (Lipinski definition) is 2. The van der Waals surface area contributed by atoms with Gasteiger partial charge in [-0.15, -0.1) is 0 Å². The highest BCUT2D eigenvalue weighted by Gasteiger charge is 2.09. The van der Waals surface area contributed by atoms with Crippen molar-refractivity contribution in [1.29, 1.82) is 0 Å². The predicted octanol–water partition coefficient (Wildman–Crippen LogP) is 1.24. The number of carboxylic acid groups (broad SMARTS) is 1. The Bertz CT molecular complexity index is 325. The Balaban J connectivity index is 3.04. The molecular formula is C9H10FNO2. The first-order valence-corrected chi connectivity index (χ1v) is 3.81. The smallest absolute Gasteiger partial charge is 0.338 e. The van der Waals surface area contributed by atoms with Crippen molar-refractivity contribution < 1.29 is 14.3 Å². The lowest BCUT2D eigenvalue weighted by Crippen LogP contribution is -2.07. The summed E-state index contributed by atoms with van der Waals surface area (Å²) >= 11 is 0. The van der Waals surface area contributed by atoms with Crippen LogP contribution in [0.5, 0.6) is 0 Å². The average Bonchev–Trinajstić information content (AvgIpc) is 2.08. The van der Waals surface area contributed by atoms with E-state index in [4.69, 9.17) is 5.11 Å². The van der Waals surface area contributed by atoms with Crippen LogP contribution in [0.3, 0.4) is 0 Å². The van der Waals surface area contributed by atoms with E-state index in [2.05, 4.69) is 5.32 Å². The Morgan fingerprint density at radius 1 is 1.62 bits per heavy atom. The number of hydrogen-bond donors (Lipinski definition) is 2. The van der Waals surface area contributed by atoms with E-state index in [1.807, 2.05) is 0 Å². The van der Waals surface area contributed by atoms with Crippen LogP contribution in [0, 0.1) is 5.82 Å². The first-order valence-electron chi connectivity index (χ1n) is 3.81. The molecule has 0 aliphatic carbocycles. The number of carboxylic acids is 1. The highest BCUT2D eigenvalue weighted by atomic mass is 19.1. The lowest BCUT2D eigenvalue weighted by molar-refractivity contribution is 0.0691. The van der Waals surface area contributed by atoms with Gasteiger partial charge in [-0.05, 0) is 24.7 Å². The molecule has 0 aliphatic heterocycles. The molecule has 70 valence electrons. The minimum absolute atomic E-state index is 0.284. The maximum atomic E-state index is 12.9. The van der Waals surface area contributed by atoms with Gasteiger partial charge in [-0.25, -0.2) is 9.18 Å². The molecule has 0 saturated carbocycles. The zero-order valence-electron chi connectivity index (χ0n) is 7.17. The van der Waals surface area contributed by atoms with Crippen molar-refractivity contribution in [3.05, 3.63) is 35.1 Å². The molecule has 0 heterocycles. The van der Waals surface area contributed by atoms with Crippen LogP contribution in [-0.4, -0.2) is 18.1 Å². The molecule has 0 bridgehead atoms. The van der Waals surface area contributed by atoms with Gasteiger partial charge >= 0.3 is 5.97 Å². The Kier molecular flexibility index (Phi) is 2.97. The van der Waals surface area contributed by atoms with Crippen molar-refractivity contribution in [3.8, 4) is 0 Å². The monoisotopic (exact) mass is 183 g/mol. The summed E-state index contributed by atoms with van der Waals surface area (Å²) in [5.41, 5.74) is 0.467. The molecule has 2 N–H and O–H groups in total. The fraction of sp³-hybridized carbons (Fsp3) is 0.222. The summed E-state index contributed by atoms with van der Waals surface area (Å²) in [6.07, 6.45) is 0. The van der Waals surface area contributed by atoms with Crippen molar-refractivity contribution >= 4 is 5.97 Å². The molecule has 1 rings (SSSR count). The van der Waals surface area contributed by atoms with Gasteiger partial charge < -0.3 is 10.4 Å². The van der Waals surface area contributed by atoms with E-state index < -0.39 is 11.8 Å². The molecule has 0 aliphatic rings. The van der Waals surface area contributed by atoms with Gasteiger partial charge in [0.05, 0.1) is 5.56 Å². The number of rotatable bonds is 3. The molecule has 0 fully saturated rings. The van der Waals surface area contributed by atoms with Crippen LogP contribution in [0.4, 0.5) is 4.39 Å². The first kappa shape index (κ1) is 9.67. The molecule has 4 heteroatoms. The van der Waals surface area contributed by atoms with Gasteiger partial charge in [-0.2, -0.15) is 0 Å². The summed E-state index contributed by atoms with van der Waals surface area (Å²) in [6.45, 7) is 0.528. The molecule has 0 aromatic heterocycles. The number of halogens is 1. The second-order valence-corrected chi connectivity index (χ2v) is 2.65. The second kappa shape index (κ2) is 4.00. The highest BCUT2D eigenvalue weighted by Crippen LogP contribution is 2.10. The zero-order chi connectivity index (χ0) is 9.84. The van der Waals surface area contributed by atoms with Crippen LogP contribution in [0.1, 0.15) is 15.9 Å². The fourth-order valence-corrected chi connectivity index (χ4v) is 1.05. The third-order valence-electron chi connectivity index (χ3n) is 1.64. The molecule has 1 aromatic carbocycles. The van der Waals surface area contributed by atoms with Crippen LogP contribution in [0.15, 0.2) is 18.2 Å². The van der Waals surface area contributed by atoms with E-state index in [9.17, 15) is 9.18 Å². The second-order valence-electron chi connectivity index (χ2n) is 2.65. The van der Waals surface area contributed by atoms with Gasteiger partial charge in [0.1, 0.15) is 5.82 Å². The van der Waals surface area contributed by atoms with E-state index in [-0.39, 0.29) is 5.56 Å². The quantitative estimate of drug-likeness (QED) is 0.741. The topological polar surface area (TPSA) is 49.3 Å². The third-order valence-corrected chi connectivity index (χ3v) is 1.64. The van der Waals surface area contributed by atoms with Gasteiger partial charge in [0.15, 0.2) is 0 Å². The fourth-order valence-electron chi connectivity index (χ4n) is 1.05. The Hall–Kier alpha value is -1.42. The summed E-state index contributed by atoms with van der Waals surface area (Å²) in [4.78, 5) is 10.5. The number of nitrogens with one attached hydrogen (secondary N) is 1. The average molecular weight is 183 g/mol. The SMILES string of the molecule is CNCc1ccc(F)c(C(=O)O)c1. The Morgan fingerprint density at radius 2 is 2.31 bits per heavy atom. The number of aromatic carboxylic acids is 1. The van der Waals surface area contributed by atoms with Crippen LogP contribution in [0.25, 0.3) is 0 Å². The number of carbonyl (C=O) groups is 1. The minimum atomic E-state index is -1.24. The number of benzene rings is 1. The van der Waals surface area contributed by atoms with Gasteiger partial charge in [0.2, 0.25) is 0 Å². The van der Waals surface area contributed by atoms with Crippen LogP contribution < -0.4 is 5.32 Å².